The van der Waals surface area contributed by atoms with Crippen LogP contribution >= 0.6 is 0 Å². The van der Waals surface area contributed by atoms with Crippen molar-refractivity contribution < 1.29 is 9.53 Å². The largest absolute Gasteiger partial charge is 0.376 e. The number of para-hydroxylation sites is 1. The fourth-order valence-corrected chi connectivity index (χ4v) is 2.51. The maximum atomic E-state index is 12.2. The molecule has 2 aliphatic heterocycles. The Balaban J connectivity index is 1.83. The molecule has 0 spiro atoms. The second-order valence-corrected chi connectivity index (χ2v) is 4.44. The fraction of sp³-hybridized carbons (Fsp3) is 0.462. The molecule has 0 saturated carbocycles. The number of rotatable bonds is 1. The number of carbonyl (C=O) groups is 1. The summed E-state index contributed by atoms with van der Waals surface area (Å²) in [6, 6.07) is 7.52. The van der Waals surface area contributed by atoms with E-state index in [1.165, 1.54) is 0 Å². The standard InChI is InChI=1S/C13H15NO2/c15-13-9-5-1-2-6-10(9)14-12(13)11-7-3-4-8-16-11/h1-2,5-6,11-12,14H,3-4,7-8H2. The summed E-state index contributed by atoms with van der Waals surface area (Å²) >= 11 is 0. The molecule has 1 aromatic carbocycles. The Bertz CT molecular complexity index is 410. The molecule has 0 bridgehead atoms. The van der Waals surface area contributed by atoms with Crippen molar-refractivity contribution in [3.8, 4) is 0 Å². The Kier molecular flexibility index (Phi) is 2.40. The molecule has 0 amide bonds. The lowest BCUT2D eigenvalue weighted by atomic mass is 9.98. The maximum Gasteiger partial charge on any atom is 0.189 e. The van der Waals surface area contributed by atoms with Crippen molar-refractivity contribution in [1.82, 2.24) is 0 Å². The average Bonchev–Trinajstić information content (AvgIpc) is 2.69. The molecule has 1 aromatic rings. The van der Waals surface area contributed by atoms with Gasteiger partial charge in [-0.25, -0.2) is 0 Å². The minimum atomic E-state index is -0.169. The number of fused-ring (bicyclic) bond motifs is 1. The third-order valence-electron chi connectivity index (χ3n) is 3.37. The van der Waals surface area contributed by atoms with Crippen LogP contribution in [0.4, 0.5) is 5.69 Å². The minimum Gasteiger partial charge on any atom is -0.376 e. The summed E-state index contributed by atoms with van der Waals surface area (Å²) in [4.78, 5) is 12.2. The molecular formula is C13H15NO2. The highest BCUT2D eigenvalue weighted by molar-refractivity contribution is 6.10. The zero-order valence-electron chi connectivity index (χ0n) is 9.11. The molecule has 3 heteroatoms. The number of nitrogens with one attached hydrogen (secondary N) is 1. The summed E-state index contributed by atoms with van der Waals surface area (Å²) < 4.78 is 5.68. The van der Waals surface area contributed by atoms with E-state index < -0.39 is 0 Å². The minimum absolute atomic E-state index is 0.0497. The average molecular weight is 217 g/mol. The van der Waals surface area contributed by atoms with Gasteiger partial charge in [-0.1, -0.05) is 12.1 Å². The zero-order valence-corrected chi connectivity index (χ0v) is 9.11. The second kappa shape index (κ2) is 3.91. The SMILES string of the molecule is O=C1c2ccccc2NC1C1CCCCO1. The van der Waals surface area contributed by atoms with Crippen LogP contribution in [0.1, 0.15) is 29.6 Å². The lowest BCUT2D eigenvalue weighted by molar-refractivity contribution is 0.00783. The molecular weight excluding hydrogens is 202 g/mol. The van der Waals surface area contributed by atoms with Gasteiger partial charge in [0.1, 0.15) is 6.04 Å². The van der Waals surface area contributed by atoms with E-state index in [1.807, 2.05) is 24.3 Å². The van der Waals surface area contributed by atoms with Crippen molar-refractivity contribution in [2.24, 2.45) is 0 Å². The number of anilines is 1. The van der Waals surface area contributed by atoms with Crippen molar-refractivity contribution in [1.29, 1.82) is 0 Å². The highest BCUT2D eigenvalue weighted by Gasteiger charge is 2.36. The molecule has 0 aromatic heterocycles. The fourth-order valence-electron chi connectivity index (χ4n) is 2.51. The van der Waals surface area contributed by atoms with Crippen LogP contribution in [0.3, 0.4) is 0 Å². The molecule has 3 nitrogen and oxygen atoms in total. The predicted octanol–water partition coefficient (Wildman–Crippen LogP) is 2.23. The van der Waals surface area contributed by atoms with E-state index in [-0.39, 0.29) is 17.9 Å². The van der Waals surface area contributed by atoms with Crippen LogP contribution in [0.5, 0.6) is 0 Å². The maximum absolute atomic E-state index is 12.2. The second-order valence-electron chi connectivity index (χ2n) is 4.44. The van der Waals surface area contributed by atoms with Gasteiger partial charge in [0.15, 0.2) is 5.78 Å². The van der Waals surface area contributed by atoms with Gasteiger partial charge in [-0.3, -0.25) is 4.79 Å². The molecule has 0 radical (unpaired) electrons. The Labute approximate surface area is 94.8 Å². The van der Waals surface area contributed by atoms with Crippen molar-refractivity contribution in [2.45, 2.75) is 31.4 Å². The van der Waals surface area contributed by atoms with Gasteiger partial charge < -0.3 is 10.1 Å². The summed E-state index contributed by atoms with van der Waals surface area (Å²) in [5, 5.41) is 3.28. The Morgan fingerprint density at radius 2 is 2.12 bits per heavy atom. The molecule has 3 rings (SSSR count). The Hall–Kier alpha value is -1.35. The normalized spacial score (nSPS) is 28.6. The Morgan fingerprint density at radius 3 is 2.88 bits per heavy atom. The van der Waals surface area contributed by atoms with E-state index in [9.17, 15) is 4.79 Å². The molecule has 2 aliphatic rings. The van der Waals surface area contributed by atoms with E-state index in [1.54, 1.807) is 0 Å². The van der Waals surface area contributed by atoms with E-state index >= 15 is 0 Å². The molecule has 1 saturated heterocycles. The van der Waals surface area contributed by atoms with Gasteiger partial charge in [0, 0.05) is 17.9 Å². The van der Waals surface area contributed by atoms with Crippen molar-refractivity contribution in [3.63, 3.8) is 0 Å². The first-order valence-corrected chi connectivity index (χ1v) is 5.87. The Morgan fingerprint density at radius 1 is 1.25 bits per heavy atom. The van der Waals surface area contributed by atoms with Gasteiger partial charge in [0.25, 0.3) is 0 Å². The number of ether oxygens (including phenoxy) is 1. The van der Waals surface area contributed by atoms with Gasteiger partial charge in [-0.2, -0.15) is 0 Å². The van der Waals surface area contributed by atoms with Crippen LogP contribution in [0.25, 0.3) is 0 Å². The smallest absolute Gasteiger partial charge is 0.189 e. The number of benzene rings is 1. The topological polar surface area (TPSA) is 38.3 Å². The van der Waals surface area contributed by atoms with E-state index in [2.05, 4.69) is 5.32 Å². The van der Waals surface area contributed by atoms with E-state index in [0.29, 0.717) is 0 Å². The van der Waals surface area contributed by atoms with E-state index in [4.69, 9.17) is 4.74 Å². The van der Waals surface area contributed by atoms with Gasteiger partial charge in [0.05, 0.1) is 6.10 Å². The highest BCUT2D eigenvalue weighted by Crippen LogP contribution is 2.30. The summed E-state index contributed by atoms with van der Waals surface area (Å²) in [6.45, 7) is 0.784. The monoisotopic (exact) mass is 217 g/mol. The molecule has 2 heterocycles. The molecule has 16 heavy (non-hydrogen) atoms. The number of carbonyl (C=O) groups excluding carboxylic acids is 1. The third kappa shape index (κ3) is 1.52. The summed E-state index contributed by atoms with van der Waals surface area (Å²) in [7, 11) is 0. The van der Waals surface area contributed by atoms with Gasteiger partial charge >= 0.3 is 0 Å². The van der Waals surface area contributed by atoms with Gasteiger partial charge in [-0.05, 0) is 31.4 Å². The zero-order chi connectivity index (χ0) is 11.0. The molecule has 84 valence electrons. The molecule has 0 aliphatic carbocycles. The molecule has 1 N–H and O–H groups in total. The summed E-state index contributed by atoms with van der Waals surface area (Å²) in [5.74, 6) is 0.183. The van der Waals surface area contributed by atoms with Crippen molar-refractivity contribution in [2.75, 3.05) is 11.9 Å². The van der Waals surface area contributed by atoms with Crippen LogP contribution in [-0.4, -0.2) is 24.5 Å². The van der Waals surface area contributed by atoms with Crippen molar-refractivity contribution in [3.05, 3.63) is 29.8 Å². The van der Waals surface area contributed by atoms with Crippen LogP contribution in [0.15, 0.2) is 24.3 Å². The van der Waals surface area contributed by atoms with E-state index in [0.717, 1.165) is 37.1 Å². The number of ketones is 1. The molecule has 2 unspecified atom stereocenters. The predicted molar refractivity (Wildman–Crippen MR) is 61.8 cm³/mol. The number of hydrogen-bond donors (Lipinski definition) is 1. The first-order chi connectivity index (χ1) is 7.86. The van der Waals surface area contributed by atoms with Crippen LogP contribution in [0.2, 0.25) is 0 Å². The van der Waals surface area contributed by atoms with Gasteiger partial charge in [0.2, 0.25) is 0 Å². The number of Topliss-reactive ketones (excluding diaryl/α,β-unsaturated/α-hetero) is 1. The summed E-state index contributed by atoms with van der Waals surface area (Å²) in [6.07, 6.45) is 3.31. The molecule has 1 fully saturated rings. The van der Waals surface area contributed by atoms with Crippen molar-refractivity contribution >= 4 is 11.5 Å². The lowest BCUT2D eigenvalue weighted by Gasteiger charge is -2.27. The quantitative estimate of drug-likeness (QED) is 0.784. The van der Waals surface area contributed by atoms with Gasteiger partial charge in [-0.15, -0.1) is 0 Å². The third-order valence-corrected chi connectivity index (χ3v) is 3.37. The summed E-state index contributed by atoms with van der Waals surface area (Å²) in [5.41, 5.74) is 1.76. The van der Waals surface area contributed by atoms with Crippen LogP contribution in [-0.2, 0) is 4.74 Å². The van der Waals surface area contributed by atoms with Crippen LogP contribution < -0.4 is 5.32 Å². The lowest BCUT2D eigenvalue weighted by Crippen LogP contribution is -2.40. The first-order valence-electron chi connectivity index (χ1n) is 5.87. The highest BCUT2D eigenvalue weighted by atomic mass is 16.5. The first kappa shape index (κ1) is 9.85. The van der Waals surface area contributed by atoms with Crippen LogP contribution in [0, 0.1) is 0 Å². The number of hydrogen-bond acceptors (Lipinski definition) is 3. The molecule has 2 atom stereocenters.